The summed E-state index contributed by atoms with van der Waals surface area (Å²) in [5.41, 5.74) is 5.42. The van der Waals surface area contributed by atoms with Gasteiger partial charge in [-0.25, -0.2) is 0 Å². The lowest BCUT2D eigenvalue weighted by molar-refractivity contribution is -0.136. The van der Waals surface area contributed by atoms with E-state index in [0.717, 1.165) is 49.4 Å². The molecule has 5 nitrogen and oxygen atoms in total. The quantitative estimate of drug-likeness (QED) is 0.835. The van der Waals surface area contributed by atoms with E-state index in [4.69, 9.17) is 5.10 Å². The monoisotopic (exact) mass is 364 g/mol. The Labute approximate surface area is 160 Å². The van der Waals surface area contributed by atoms with Gasteiger partial charge in [-0.15, -0.1) is 0 Å². The number of nitrogens with zero attached hydrogens (tertiary/aromatic N) is 4. The number of carbonyl (C=O) groups excluding carboxylic acids is 1. The summed E-state index contributed by atoms with van der Waals surface area (Å²) in [6.45, 7) is 8.03. The topological polar surface area (TPSA) is 51.0 Å². The number of pyridine rings is 1. The number of aryl methyl sites for hydroxylation is 1. The molecule has 142 valence electrons. The zero-order valence-electron chi connectivity index (χ0n) is 16.5. The zero-order valence-corrected chi connectivity index (χ0v) is 16.5. The highest BCUT2D eigenvalue weighted by Gasteiger charge is 2.63. The predicted molar refractivity (Wildman–Crippen MR) is 103 cm³/mol. The molecule has 2 aromatic heterocycles. The van der Waals surface area contributed by atoms with Crippen molar-refractivity contribution < 1.29 is 4.79 Å². The molecule has 0 radical (unpaired) electrons. The average Bonchev–Trinajstić information content (AvgIpc) is 3.00. The van der Waals surface area contributed by atoms with Crippen molar-refractivity contribution in [2.24, 2.45) is 11.3 Å². The molecule has 1 saturated heterocycles. The number of piperidine rings is 1. The van der Waals surface area contributed by atoms with Crippen LogP contribution in [0.2, 0.25) is 0 Å². The van der Waals surface area contributed by atoms with E-state index in [1.165, 1.54) is 11.3 Å². The lowest BCUT2D eigenvalue weighted by Gasteiger charge is -2.36. The number of aromatic nitrogens is 3. The van der Waals surface area contributed by atoms with Gasteiger partial charge in [0.1, 0.15) is 6.54 Å². The van der Waals surface area contributed by atoms with Gasteiger partial charge < -0.3 is 4.90 Å². The Hall–Kier alpha value is -2.17. The molecule has 0 spiro atoms. The van der Waals surface area contributed by atoms with E-state index in [1.54, 1.807) is 6.20 Å². The fourth-order valence-electron chi connectivity index (χ4n) is 5.67. The number of hydrogen-bond acceptors (Lipinski definition) is 3. The first kappa shape index (κ1) is 17.0. The zero-order chi connectivity index (χ0) is 18.8. The molecule has 1 unspecified atom stereocenters. The molecule has 0 N–H and O–H groups in total. The van der Waals surface area contributed by atoms with Crippen molar-refractivity contribution in [3.8, 4) is 0 Å². The van der Waals surface area contributed by atoms with E-state index in [9.17, 15) is 4.79 Å². The number of amides is 1. The molecule has 0 aromatic carbocycles. The molecule has 0 bridgehead atoms. The molecule has 1 amide bonds. The summed E-state index contributed by atoms with van der Waals surface area (Å²) < 4.78 is 2.00. The molecule has 3 aliphatic rings. The van der Waals surface area contributed by atoms with Crippen LogP contribution in [-0.4, -0.2) is 32.1 Å². The molecule has 5 heteroatoms. The first-order valence-corrected chi connectivity index (χ1v) is 10.2. The Kier molecular flexibility index (Phi) is 3.72. The summed E-state index contributed by atoms with van der Waals surface area (Å²) in [5, 5.41) is 4.76. The van der Waals surface area contributed by atoms with Crippen LogP contribution in [-0.2, 0) is 17.8 Å². The summed E-state index contributed by atoms with van der Waals surface area (Å²) in [6.07, 6.45) is 8.04. The Morgan fingerprint density at radius 1 is 1.33 bits per heavy atom. The van der Waals surface area contributed by atoms with Crippen molar-refractivity contribution >= 4 is 5.91 Å². The van der Waals surface area contributed by atoms with Crippen molar-refractivity contribution in [2.45, 2.75) is 65.0 Å². The Morgan fingerprint density at radius 2 is 2.19 bits per heavy atom. The summed E-state index contributed by atoms with van der Waals surface area (Å²) >= 11 is 0. The van der Waals surface area contributed by atoms with Crippen LogP contribution in [0.25, 0.3) is 0 Å². The SMILES string of the molecule is Cc1nn(CC(=O)N2CCCCC2c2cccnc2)c2c1[C@H]1[C@@H](C2)C1(C)C. The molecule has 1 saturated carbocycles. The minimum absolute atomic E-state index is 0.150. The van der Waals surface area contributed by atoms with E-state index in [2.05, 4.69) is 36.7 Å². The lowest BCUT2D eigenvalue weighted by Crippen LogP contribution is -2.40. The maximum atomic E-state index is 13.2. The minimum atomic E-state index is 0.150. The number of rotatable bonds is 3. The van der Waals surface area contributed by atoms with Gasteiger partial charge >= 0.3 is 0 Å². The van der Waals surface area contributed by atoms with Crippen molar-refractivity contribution in [1.29, 1.82) is 0 Å². The van der Waals surface area contributed by atoms with Crippen LogP contribution in [0.5, 0.6) is 0 Å². The molecule has 3 heterocycles. The number of carbonyl (C=O) groups is 1. The molecule has 2 fully saturated rings. The lowest BCUT2D eigenvalue weighted by atomic mass is 9.96. The molecule has 2 aromatic rings. The fourth-order valence-corrected chi connectivity index (χ4v) is 5.67. The van der Waals surface area contributed by atoms with Crippen molar-refractivity contribution in [1.82, 2.24) is 19.7 Å². The predicted octanol–water partition coefficient (Wildman–Crippen LogP) is 3.64. The second kappa shape index (κ2) is 5.91. The third kappa shape index (κ3) is 2.54. The number of fused-ring (bicyclic) bond motifs is 3. The van der Waals surface area contributed by atoms with E-state index in [1.807, 2.05) is 16.9 Å². The summed E-state index contributed by atoms with van der Waals surface area (Å²) in [4.78, 5) is 19.5. The van der Waals surface area contributed by atoms with Gasteiger partial charge in [-0.3, -0.25) is 14.5 Å². The normalized spacial score (nSPS) is 28.0. The average molecular weight is 364 g/mol. The van der Waals surface area contributed by atoms with Crippen LogP contribution >= 0.6 is 0 Å². The van der Waals surface area contributed by atoms with Crippen LogP contribution in [0.1, 0.15) is 67.6 Å². The highest BCUT2D eigenvalue weighted by molar-refractivity contribution is 5.77. The number of hydrogen-bond donors (Lipinski definition) is 0. The largest absolute Gasteiger partial charge is 0.334 e. The highest BCUT2D eigenvalue weighted by Crippen LogP contribution is 2.70. The fraction of sp³-hybridized carbons (Fsp3) is 0.591. The minimum Gasteiger partial charge on any atom is -0.334 e. The third-order valence-corrected chi connectivity index (χ3v) is 7.24. The van der Waals surface area contributed by atoms with Crippen molar-refractivity contribution in [2.75, 3.05) is 6.54 Å². The standard InChI is InChI=1S/C22H28N4O/c1-14-20-18(11-16-21(20)22(16,2)3)26(24-14)13-19(27)25-10-5-4-8-17(25)15-7-6-9-23-12-15/h6-7,9,12,16-17,21H,4-5,8,10-11,13H2,1-3H3/t16-,17?,21-/m1/s1. The van der Waals surface area contributed by atoms with Crippen molar-refractivity contribution in [3.05, 3.63) is 47.0 Å². The maximum Gasteiger partial charge on any atom is 0.244 e. The highest BCUT2D eigenvalue weighted by atomic mass is 16.2. The third-order valence-electron chi connectivity index (χ3n) is 7.24. The van der Waals surface area contributed by atoms with Crippen LogP contribution in [0.3, 0.4) is 0 Å². The Bertz CT molecular complexity index is 885. The smallest absolute Gasteiger partial charge is 0.244 e. The molecular weight excluding hydrogens is 336 g/mol. The summed E-state index contributed by atoms with van der Waals surface area (Å²) in [6, 6.07) is 4.20. The maximum absolute atomic E-state index is 13.2. The van der Waals surface area contributed by atoms with E-state index in [-0.39, 0.29) is 11.9 Å². The van der Waals surface area contributed by atoms with E-state index >= 15 is 0 Å². The van der Waals surface area contributed by atoms with Gasteiger partial charge in [-0.05, 0) is 61.5 Å². The van der Waals surface area contributed by atoms with Crippen LogP contribution in [0.15, 0.2) is 24.5 Å². The molecule has 3 atom stereocenters. The van der Waals surface area contributed by atoms with Gasteiger partial charge in [0.15, 0.2) is 0 Å². The molecule has 27 heavy (non-hydrogen) atoms. The molecule has 1 aliphatic heterocycles. The molecule has 2 aliphatic carbocycles. The first-order valence-electron chi connectivity index (χ1n) is 10.2. The number of likely N-dealkylation sites (tertiary alicyclic amines) is 1. The molecular formula is C22H28N4O. The van der Waals surface area contributed by atoms with Crippen molar-refractivity contribution in [3.63, 3.8) is 0 Å². The van der Waals surface area contributed by atoms with Gasteiger partial charge in [0.25, 0.3) is 0 Å². The van der Waals surface area contributed by atoms with Crippen LogP contribution < -0.4 is 0 Å². The molecule has 5 rings (SSSR count). The summed E-state index contributed by atoms with van der Waals surface area (Å²) in [5.74, 6) is 1.58. The van der Waals surface area contributed by atoms with Gasteiger partial charge in [-0.1, -0.05) is 19.9 Å². The second-order valence-electron chi connectivity index (χ2n) is 9.10. The second-order valence-corrected chi connectivity index (χ2v) is 9.10. The van der Waals surface area contributed by atoms with Gasteiger partial charge in [-0.2, -0.15) is 5.10 Å². The summed E-state index contributed by atoms with van der Waals surface area (Å²) in [7, 11) is 0. The van der Waals surface area contributed by atoms with Crippen LogP contribution in [0.4, 0.5) is 0 Å². The van der Waals surface area contributed by atoms with Gasteiger partial charge in [0.2, 0.25) is 5.91 Å². The van der Waals surface area contributed by atoms with E-state index < -0.39 is 0 Å². The van der Waals surface area contributed by atoms with Gasteiger partial charge in [0.05, 0.1) is 11.7 Å². The Morgan fingerprint density at radius 3 is 2.96 bits per heavy atom. The Balaban J connectivity index is 1.38. The van der Waals surface area contributed by atoms with E-state index in [0.29, 0.717) is 17.9 Å². The van der Waals surface area contributed by atoms with Crippen LogP contribution in [0, 0.1) is 18.3 Å². The first-order chi connectivity index (χ1) is 13.0. The van der Waals surface area contributed by atoms with Gasteiger partial charge in [0, 0.05) is 30.2 Å².